The third-order valence-electron chi connectivity index (χ3n) is 4.08. The van der Waals surface area contributed by atoms with Crippen molar-refractivity contribution in [3.05, 3.63) is 30.0 Å². The number of benzene rings is 1. The average Bonchev–Trinajstić information content (AvgIpc) is 2.72. The van der Waals surface area contributed by atoms with Gasteiger partial charge >= 0.3 is 0 Å². The summed E-state index contributed by atoms with van der Waals surface area (Å²) >= 11 is 0. The Morgan fingerprint density at radius 3 is 2.71 bits per heavy atom. The molecule has 1 N–H and O–H groups in total. The van der Waals surface area contributed by atoms with E-state index < -0.39 is 0 Å². The first-order valence-corrected chi connectivity index (χ1v) is 8.07. The SMILES string of the molecule is CCCNC(C)CC(C)(C)Cc1nn(C)c2ccccc12. The van der Waals surface area contributed by atoms with Gasteiger partial charge in [-0.25, -0.2) is 0 Å². The van der Waals surface area contributed by atoms with Crippen molar-refractivity contribution in [2.45, 2.75) is 53.0 Å². The second kappa shape index (κ2) is 6.61. The van der Waals surface area contributed by atoms with Gasteiger partial charge in [0.15, 0.2) is 0 Å². The van der Waals surface area contributed by atoms with E-state index in [2.05, 4.69) is 57.3 Å². The second-order valence-corrected chi connectivity index (χ2v) is 6.99. The van der Waals surface area contributed by atoms with Crippen LogP contribution in [0.15, 0.2) is 24.3 Å². The molecular formula is C18H29N3. The third kappa shape index (κ3) is 4.07. The standard InChI is InChI=1S/C18H29N3/c1-6-11-19-14(2)12-18(3,4)13-16-15-9-7-8-10-17(15)21(5)20-16/h7-10,14,19H,6,11-13H2,1-5H3. The molecule has 1 heterocycles. The Hall–Kier alpha value is -1.35. The lowest BCUT2D eigenvalue weighted by Crippen LogP contribution is -2.32. The van der Waals surface area contributed by atoms with Crippen LogP contribution in [-0.2, 0) is 13.5 Å². The van der Waals surface area contributed by atoms with Crippen molar-refractivity contribution in [1.29, 1.82) is 0 Å². The maximum absolute atomic E-state index is 4.74. The molecule has 2 aromatic rings. The number of fused-ring (bicyclic) bond motifs is 1. The van der Waals surface area contributed by atoms with Gasteiger partial charge in [-0.3, -0.25) is 4.68 Å². The molecule has 1 atom stereocenters. The van der Waals surface area contributed by atoms with Gasteiger partial charge in [-0.15, -0.1) is 0 Å². The molecule has 116 valence electrons. The lowest BCUT2D eigenvalue weighted by molar-refractivity contribution is 0.285. The van der Waals surface area contributed by atoms with Crippen LogP contribution in [0, 0.1) is 5.41 Å². The summed E-state index contributed by atoms with van der Waals surface area (Å²) in [6.45, 7) is 10.3. The minimum absolute atomic E-state index is 0.247. The molecule has 0 saturated carbocycles. The van der Waals surface area contributed by atoms with Gasteiger partial charge in [0.25, 0.3) is 0 Å². The van der Waals surface area contributed by atoms with E-state index in [1.54, 1.807) is 0 Å². The molecule has 0 fully saturated rings. The molecule has 3 heteroatoms. The van der Waals surface area contributed by atoms with Crippen LogP contribution in [-0.4, -0.2) is 22.4 Å². The number of rotatable bonds is 7. The lowest BCUT2D eigenvalue weighted by Gasteiger charge is -2.28. The Kier molecular flexibility index (Phi) is 5.04. The van der Waals surface area contributed by atoms with E-state index in [1.807, 2.05) is 11.7 Å². The molecule has 21 heavy (non-hydrogen) atoms. The Morgan fingerprint density at radius 2 is 2.00 bits per heavy atom. The minimum atomic E-state index is 0.247. The van der Waals surface area contributed by atoms with Crippen LogP contribution >= 0.6 is 0 Å². The van der Waals surface area contributed by atoms with Gasteiger partial charge in [-0.2, -0.15) is 5.10 Å². The van der Waals surface area contributed by atoms with Gasteiger partial charge in [0, 0.05) is 18.5 Å². The van der Waals surface area contributed by atoms with E-state index in [4.69, 9.17) is 5.10 Å². The monoisotopic (exact) mass is 287 g/mol. The van der Waals surface area contributed by atoms with Crippen LogP contribution in [0.25, 0.3) is 10.9 Å². The quantitative estimate of drug-likeness (QED) is 0.836. The summed E-state index contributed by atoms with van der Waals surface area (Å²) in [6, 6.07) is 9.06. The minimum Gasteiger partial charge on any atom is -0.314 e. The number of aromatic nitrogens is 2. The first-order chi connectivity index (χ1) is 9.93. The van der Waals surface area contributed by atoms with E-state index in [1.165, 1.54) is 23.0 Å². The number of nitrogens with zero attached hydrogens (tertiary/aromatic N) is 2. The number of hydrogen-bond donors (Lipinski definition) is 1. The van der Waals surface area contributed by atoms with Gasteiger partial charge in [0.05, 0.1) is 11.2 Å². The van der Waals surface area contributed by atoms with Crippen LogP contribution < -0.4 is 5.32 Å². The molecule has 0 aliphatic rings. The first-order valence-electron chi connectivity index (χ1n) is 8.07. The van der Waals surface area contributed by atoms with Crippen LogP contribution in [0.3, 0.4) is 0 Å². The Labute approximate surface area is 128 Å². The van der Waals surface area contributed by atoms with Crippen LogP contribution in [0.2, 0.25) is 0 Å². The van der Waals surface area contributed by atoms with Gasteiger partial charge in [0.2, 0.25) is 0 Å². The highest BCUT2D eigenvalue weighted by molar-refractivity contribution is 5.81. The summed E-state index contributed by atoms with van der Waals surface area (Å²) in [5.41, 5.74) is 2.69. The molecule has 0 spiro atoms. The molecule has 0 radical (unpaired) electrons. The summed E-state index contributed by atoms with van der Waals surface area (Å²) in [4.78, 5) is 0. The van der Waals surface area contributed by atoms with E-state index in [9.17, 15) is 0 Å². The zero-order valence-electron chi connectivity index (χ0n) is 14.1. The Balaban J connectivity index is 2.11. The molecular weight excluding hydrogens is 258 g/mol. The number of aryl methyl sites for hydroxylation is 1. The molecule has 0 amide bonds. The topological polar surface area (TPSA) is 29.9 Å². The summed E-state index contributed by atoms with van der Waals surface area (Å²) in [6.07, 6.45) is 3.38. The number of hydrogen-bond acceptors (Lipinski definition) is 2. The average molecular weight is 287 g/mol. The summed E-state index contributed by atoms with van der Waals surface area (Å²) in [5, 5.41) is 9.63. The van der Waals surface area contributed by atoms with E-state index in [-0.39, 0.29) is 5.41 Å². The second-order valence-electron chi connectivity index (χ2n) is 6.99. The summed E-state index contributed by atoms with van der Waals surface area (Å²) < 4.78 is 2.00. The molecule has 0 aliphatic heterocycles. The molecule has 2 rings (SSSR count). The number of nitrogens with one attached hydrogen (secondary N) is 1. The van der Waals surface area contributed by atoms with Crippen LogP contribution in [0.5, 0.6) is 0 Å². The predicted octanol–water partition coefficient (Wildman–Crippen LogP) is 3.92. The van der Waals surface area contributed by atoms with Crippen molar-refractivity contribution < 1.29 is 0 Å². The lowest BCUT2D eigenvalue weighted by atomic mass is 9.81. The molecule has 0 saturated heterocycles. The number of para-hydroxylation sites is 1. The molecule has 0 bridgehead atoms. The van der Waals surface area contributed by atoms with Crippen molar-refractivity contribution in [1.82, 2.24) is 15.1 Å². The van der Waals surface area contributed by atoms with Crippen molar-refractivity contribution in [2.75, 3.05) is 6.54 Å². The molecule has 1 unspecified atom stereocenters. The summed E-state index contributed by atoms with van der Waals surface area (Å²) in [5.74, 6) is 0. The van der Waals surface area contributed by atoms with Crippen LogP contribution in [0.4, 0.5) is 0 Å². The maximum atomic E-state index is 4.74. The fourth-order valence-corrected chi connectivity index (χ4v) is 3.24. The van der Waals surface area contributed by atoms with E-state index >= 15 is 0 Å². The van der Waals surface area contributed by atoms with E-state index in [0.717, 1.165) is 19.4 Å². The predicted molar refractivity (Wildman–Crippen MR) is 90.6 cm³/mol. The zero-order chi connectivity index (χ0) is 15.5. The van der Waals surface area contributed by atoms with Gasteiger partial charge in [-0.1, -0.05) is 39.0 Å². The first kappa shape index (κ1) is 16.0. The molecule has 1 aromatic carbocycles. The van der Waals surface area contributed by atoms with Crippen molar-refractivity contribution >= 4 is 10.9 Å². The fourth-order valence-electron chi connectivity index (χ4n) is 3.24. The normalized spacial score (nSPS) is 13.8. The largest absolute Gasteiger partial charge is 0.314 e. The highest BCUT2D eigenvalue weighted by Gasteiger charge is 2.24. The van der Waals surface area contributed by atoms with Gasteiger partial charge in [-0.05, 0) is 44.2 Å². The molecule has 0 aliphatic carbocycles. The fraction of sp³-hybridized carbons (Fsp3) is 0.611. The third-order valence-corrected chi connectivity index (χ3v) is 4.08. The Bertz CT molecular complexity index is 583. The van der Waals surface area contributed by atoms with Crippen molar-refractivity contribution in [2.24, 2.45) is 12.5 Å². The van der Waals surface area contributed by atoms with Crippen LogP contribution in [0.1, 0.15) is 46.2 Å². The van der Waals surface area contributed by atoms with Crippen molar-refractivity contribution in [3.8, 4) is 0 Å². The van der Waals surface area contributed by atoms with Crippen molar-refractivity contribution in [3.63, 3.8) is 0 Å². The smallest absolute Gasteiger partial charge is 0.0708 e. The maximum Gasteiger partial charge on any atom is 0.0708 e. The van der Waals surface area contributed by atoms with Gasteiger partial charge in [0.1, 0.15) is 0 Å². The van der Waals surface area contributed by atoms with Gasteiger partial charge < -0.3 is 5.32 Å². The highest BCUT2D eigenvalue weighted by Crippen LogP contribution is 2.30. The Morgan fingerprint density at radius 1 is 1.29 bits per heavy atom. The molecule has 3 nitrogen and oxygen atoms in total. The molecule has 1 aromatic heterocycles. The zero-order valence-corrected chi connectivity index (χ0v) is 14.1. The van der Waals surface area contributed by atoms with E-state index in [0.29, 0.717) is 6.04 Å². The summed E-state index contributed by atoms with van der Waals surface area (Å²) in [7, 11) is 2.03. The highest BCUT2D eigenvalue weighted by atomic mass is 15.3.